The number of anilines is 1. The van der Waals surface area contributed by atoms with Crippen LogP contribution >= 0.6 is 23.2 Å². The second-order valence-corrected chi connectivity index (χ2v) is 12.1. The van der Waals surface area contributed by atoms with Crippen LogP contribution in [-0.2, 0) is 26.2 Å². The maximum Gasteiger partial charge on any atom is 0.264 e. The SMILES string of the molecule is CCCNC(=O)[C@H](CC)N(Cc1ccc(OC)cc1)C(=O)CN(c1cccc(Cl)c1Cl)S(=O)(=O)c1ccc(C)cc1. The van der Waals surface area contributed by atoms with Gasteiger partial charge in [-0.05, 0) is 61.7 Å². The van der Waals surface area contributed by atoms with E-state index in [-0.39, 0.29) is 33.1 Å². The largest absolute Gasteiger partial charge is 0.497 e. The van der Waals surface area contributed by atoms with Gasteiger partial charge in [-0.15, -0.1) is 0 Å². The first-order chi connectivity index (χ1) is 19.5. The molecule has 0 bridgehead atoms. The van der Waals surface area contributed by atoms with Crippen LogP contribution in [0.2, 0.25) is 10.0 Å². The summed E-state index contributed by atoms with van der Waals surface area (Å²) in [5.74, 6) is -0.249. The van der Waals surface area contributed by atoms with Crippen LogP contribution < -0.4 is 14.4 Å². The predicted octanol–water partition coefficient (Wildman–Crippen LogP) is 5.84. The molecule has 0 radical (unpaired) electrons. The van der Waals surface area contributed by atoms with E-state index in [1.165, 1.54) is 29.2 Å². The highest BCUT2D eigenvalue weighted by molar-refractivity contribution is 7.92. The van der Waals surface area contributed by atoms with E-state index in [9.17, 15) is 18.0 Å². The summed E-state index contributed by atoms with van der Waals surface area (Å²) in [5, 5.41) is 3.00. The quantitative estimate of drug-likeness (QED) is 0.259. The minimum Gasteiger partial charge on any atom is -0.497 e. The van der Waals surface area contributed by atoms with E-state index in [4.69, 9.17) is 27.9 Å². The fraction of sp³-hybridized carbons (Fsp3) is 0.333. The first-order valence-electron chi connectivity index (χ1n) is 13.3. The monoisotopic (exact) mass is 619 g/mol. The number of rotatable bonds is 13. The van der Waals surface area contributed by atoms with E-state index in [0.717, 1.165) is 21.9 Å². The zero-order valence-corrected chi connectivity index (χ0v) is 25.9. The fourth-order valence-electron chi connectivity index (χ4n) is 4.25. The lowest BCUT2D eigenvalue weighted by Gasteiger charge is -2.33. The summed E-state index contributed by atoms with van der Waals surface area (Å²) in [7, 11) is -2.71. The number of halogens is 2. The summed E-state index contributed by atoms with van der Waals surface area (Å²) >= 11 is 12.7. The van der Waals surface area contributed by atoms with Crippen molar-refractivity contribution in [2.24, 2.45) is 0 Å². The average molecular weight is 621 g/mol. The van der Waals surface area contributed by atoms with Crippen molar-refractivity contribution < 1.29 is 22.7 Å². The summed E-state index contributed by atoms with van der Waals surface area (Å²) in [5.41, 5.74) is 1.68. The minimum atomic E-state index is -4.26. The number of nitrogens with zero attached hydrogens (tertiary/aromatic N) is 2. The molecule has 1 atom stereocenters. The fourth-order valence-corrected chi connectivity index (χ4v) is 6.12. The van der Waals surface area contributed by atoms with Crippen molar-refractivity contribution in [2.75, 3.05) is 24.5 Å². The van der Waals surface area contributed by atoms with Gasteiger partial charge in [0.05, 0.1) is 27.7 Å². The molecule has 2 amide bonds. The smallest absolute Gasteiger partial charge is 0.264 e. The molecular weight excluding hydrogens is 585 g/mol. The number of sulfonamides is 1. The molecule has 3 aromatic carbocycles. The second kappa shape index (κ2) is 14.6. The molecule has 0 aromatic heterocycles. The number of aryl methyl sites for hydroxylation is 1. The van der Waals surface area contributed by atoms with Gasteiger partial charge >= 0.3 is 0 Å². The highest BCUT2D eigenvalue weighted by Crippen LogP contribution is 2.35. The Hall–Kier alpha value is -3.27. The van der Waals surface area contributed by atoms with Gasteiger partial charge in [0.2, 0.25) is 11.8 Å². The molecule has 0 aliphatic heterocycles. The molecule has 220 valence electrons. The number of hydrogen-bond acceptors (Lipinski definition) is 5. The van der Waals surface area contributed by atoms with Gasteiger partial charge in [-0.1, -0.05) is 72.9 Å². The van der Waals surface area contributed by atoms with Gasteiger partial charge in [0.25, 0.3) is 10.0 Å². The topological polar surface area (TPSA) is 96.0 Å². The number of hydrogen-bond donors (Lipinski definition) is 1. The van der Waals surface area contributed by atoms with Gasteiger partial charge in [0, 0.05) is 13.1 Å². The minimum absolute atomic E-state index is 0.00733. The predicted molar refractivity (Wildman–Crippen MR) is 163 cm³/mol. The van der Waals surface area contributed by atoms with Gasteiger partial charge in [-0.25, -0.2) is 8.42 Å². The molecule has 0 saturated carbocycles. The molecule has 3 rings (SSSR count). The number of ether oxygens (including phenoxy) is 1. The lowest BCUT2D eigenvalue weighted by Crippen LogP contribution is -2.52. The van der Waals surface area contributed by atoms with Crippen LogP contribution in [0, 0.1) is 6.92 Å². The van der Waals surface area contributed by atoms with E-state index < -0.39 is 28.5 Å². The van der Waals surface area contributed by atoms with E-state index in [0.29, 0.717) is 18.7 Å². The van der Waals surface area contributed by atoms with Crippen LogP contribution in [0.3, 0.4) is 0 Å². The standard InChI is InChI=1S/C30H35Cl2N3O5S/c1-5-18-33-30(37)26(6-2)34(19-22-12-14-23(40-4)15-13-22)28(36)20-35(27-9-7-8-25(31)29(27)32)41(38,39)24-16-10-21(3)11-17-24/h7-17,26H,5-6,18-20H2,1-4H3,(H,33,37)/t26-/m0/s1. The first kappa shape index (κ1) is 32.2. The Morgan fingerprint density at radius 3 is 2.22 bits per heavy atom. The average Bonchev–Trinajstić information content (AvgIpc) is 2.96. The summed E-state index contributed by atoms with van der Waals surface area (Å²) < 4.78 is 34.1. The Balaban J connectivity index is 2.08. The van der Waals surface area contributed by atoms with Gasteiger partial charge in [-0.2, -0.15) is 0 Å². The Morgan fingerprint density at radius 2 is 1.63 bits per heavy atom. The highest BCUT2D eigenvalue weighted by atomic mass is 35.5. The molecule has 0 aliphatic rings. The molecule has 11 heteroatoms. The van der Waals surface area contributed by atoms with Crippen molar-refractivity contribution in [3.8, 4) is 5.75 Å². The Labute approximate surface area is 252 Å². The van der Waals surface area contributed by atoms with Crippen molar-refractivity contribution in [1.29, 1.82) is 0 Å². The molecule has 0 aliphatic carbocycles. The maximum atomic E-state index is 14.1. The zero-order valence-electron chi connectivity index (χ0n) is 23.6. The van der Waals surface area contributed by atoms with Crippen molar-refractivity contribution in [3.05, 3.63) is 87.9 Å². The second-order valence-electron chi connectivity index (χ2n) is 9.48. The van der Waals surface area contributed by atoms with Gasteiger partial charge in [0.15, 0.2) is 0 Å². The van der Waals surface area contributed by atoms with E-state index in [1.54, 1.807) is 56.5 Å². The summed E-state index contributed by atoms with van der Waals surface area (Å²) in [6.45, 7) is 5.50. The molecule has 0 heterocycles. The van der Waals surface area contributed by atoms with Gasteiger partial charge < -0.3 is 15.0 Å². The molecule has 0 fully saturated rings. The molecule has 1 N–H and O–H groups in total. The van der Waals surface area contributed by atoms with Crippen LogP contribution in [0.15, 0.2) is 71.6 Å². The van der Waals surface area contributed by atoms with Crippen molar-refractivity contribution in [1.82, 2.24) is 10.2 Å². The number of methoxy groups -OCH3 is 1. The van der Waals surface area contributed by atoms with Crippen molar-refractivity contribution >= 4 is 50.7 Å². The lowest BCUT2D eigenvalue weighted by atomic mass is 10.1. The Morgan fingerprint density at radius 1 is 0.976 bits per heavy atom. The lowest BCUT2D eigenvalue weighted by molar-refractivity contribution is -0.140. The molecular formula is C30H35Cl2N3O5S. The van der Waals surface area contributed by atoms with Crippen LogP contribution in [0.4, 0.5) is 5.69 Å². The molecule has 8 nitrogen and oxygen atoms in total. The summed E-state index contributed by atoms with van der Waals surface area (Å²) in [4.78, 5) is 28.7. The third kappa shape index (κ3) is 7.93. The van der Waals surface area contributed by atoms with Crippen LogP contribution in [0.25, 0.3) is 0 Å². The number of carbonyl (C=O) groups is 2. The van der Waals surface area contributed by atoms with Crippen molar-refractivity contribution in [3.63, 3.8) is 0 Å². The molecule has 0 saturated heterocycles. The molecule has 41 heavy (non-hydrogen) atoms. The summed E-state index contributed by atoms with van der Waals surface area (Å²) in [6.07, 6.45) is 1.05. The third-order valence-electron chi connectivity index (χ3n) is 6.53. The van der Waals surface area contributed by atoms with Gasteiger partial charge in [-0.3, -0.25) is 13.9 Å². The zero-order chi connectivity index (χ0) is 30.2. The number of carbonyl (C=O) groups excluding carboxylic acids is 2. The van der Waals surface area contributed by atoms with Crippen LogP contribution in [0.1, 0.15) is 37.8 Å². The van der Waals surface area contributed by atoms with Gasteiger partial charge in [0.1, 0.15) is 18.3 Å². The maximum absolute atomic E-state index is 14.1. The third-order valence-corrected chi connectivity index (χ3v) is 9.12. The number of benzene rings is 3. The molecule has 0 unspecified atom stereocenters. The Bertz CT molecular complexity index is 1450. The Kier molecular flexibility index (Phi) is 11.5. The first-order valence-corrected chi connectivity index (χ1v) is 15.5. The van der Waals surface area contributed by atoms with Crippen molar-refractivity contribution in [2.45, 2.75) is 51.1 Å². The molecule has 3 aromatic rings. The van der Waals surface area contributed by atoms with E-state index in [1.807, 2.05) is 13.8 Å². The number of nitrogens with one attached hydrogen (secondary N) is 1. The molecule has 0 spiro atoms. The normalized spacial score (nSPS) is 12.0. The van der Waals surface area contributed by atoms with E-state index >= 15 is 0 Å². The van der Waals surface area contributed by atoms with Crippen LogP contribution in [0.5, 0.6) is 5.75 Å². The number of amides is 2. The highest BCUT2D eigenvalue weighted by Gasteiger charge is 2.34. The van der Waals surface area contributed by atoms with Crippen LogP contribution in [-0.4, -0.2) is 51.4 Å². The summed E-state index contributed by atoms with van der Waals surface area (Å²) in [6, 6.07) is 17.2. The van der Waals surface area contributed by atoms with E-state index in [2.05, 4.69) is 5.32 Å².